The molecule has 1 aliphatic carbocycles. The lowest BCUT2D eigenvalue weighted by Gasteiger charge is -2.28. The Bertz CT molecular complexity index is 468. The summed E-state index contributed by atoms with van der Waals surface area (Å²) < 4.78 is 10.4. The maximum absolute atomic E-state index is 12.3. The molecule has 0 radical (unpaired) electrons. The standard InChI is InChI=1S/C14H14O3/c1-16-14(17-2)10-6-9-12(13(14)15)11-7-4-3-5-8-11/h3-10H,1-2H3. The van der Waals surface area contributed by atoms with Gasteiger partial charge in [-0.2, -0.15) is 0 Å². The molecule has 3 heteroatoms. The third-order valence-electron chi connectivity index (χ3n) is 2.83. The first kappa shape index (κ1) is 11.8. The van der Waals surface area contributed by atoms with Gasteiger partial charge in [0.25, 0.3) is 5.79 Å². The van der Waals surface area contributed by atoms with Gasteiger partial charge in [0.05, 0.1) is 0 Å². The molecule has 17 heavy (non-hydrogen) atoms. The summed E-state index contributed by atoms with van der Waals surface area (Å²) >= 11 is 0. The van der Waals surface area contributed by atoms with Crippen LogP contribution in [0.4, 0.5) is 0 Å². The minimum Gasteiger partial charge on any atom is -0.344 e. The molecule has 0 amide bonds. The number of benzene rings is 1. The molecule has 1 aliphatic rings. The Labute approximate surface area is 100 Å². The lowest BCUT2D eigenvalue weighted by molar-refractivity contribution is -0.180. The van der Waals surface area contributed by atoms with Gasteiger partial charge >= 0.3 is 0 Å². The smallest absolute Gasteiger partial charge is 0.253 e. The molecule has 2 rings (SSSR count). The Morgan fingerprint density at radius 1 is 1.06 bits per heavy atom. The summed E-state index contributed by atoms with van der Waals surface area (Å²) in [5.74, 6) is -1.48. The van der Waals surface area contributed by atoms with Crippen molar-refractivity contribution in [1.82, 2.24) is 0 Å². The SMILES string of the molecule is COC1(OC)C=CC=C(c2ccccc2)C1=O. The highest BCUT2D eigenvalue weighted by Gasteiger charge is 2.39. The van der Waals surface area contributed by atoms with Gasteiger partial charge < -0.3 is 9.47 Å². The Morgan fingerprint density at radius 3 is 2.29 bits per heavy atom. The zero-order valence-electron chi connectivity index (χ0n) is 9.84. The Kier molecular flexibility index (Phi) is 3.22. The molecule has 1 aromatic rings. The van der Waals surface area contributed by atoms with Crippen molar-refractivity contribution in [2.75, 3.05) is 14.2 Å². The van der Waals surface area contributed by atoms with Crippen LogP contribution in [0.3, 0.4) is 0 Å². The molecule has 0 saturated carbocycles. The second-order valence-electron chi connectivity index (χ2n) is 3.71. The number of Topliss-reactive ketones (excluding diaryl/α,β-unsaturated/α-hetero) is 1. The predicted molar refractivity (Wildman–Crippen MR) is 65.3 cm³/mol. The van der Waals surface area contributed by atoms with Crippen molar-refractivity contribution in [3.63, 3.8) is 0 Å². The molecule has 0 N–H and O–H groups in total. The van der Waals surface area contributed by atoms with E-state index < -0.39 is 5.79 Å². The van der Waals surface area contributed by atoms with Crippen molar-refractivity contribution >= 4 is 11.4 Å². The van der Waals surface area contributed by atoms with Crippen molar-refractivity contribution in [3.05, 3.63) is 54.1 Å². The van der Waals surface area contributed by atoms with Gasteiger partial charge in [-0.1, -0.05) is 42.5 Å². The molecule has 0 aromatic heterocycles. The van der Waals surface area contributed by atoms with E-state index in [1.54, 1.807) is 18.2 Å². The van der Waals surface area contributed by atoms with Gasteiger partial charge in [-0.25, -0.2) is 0 Å². The van der Waals surface area contributed by atoms with Crippen LogP contribution < -0.4 is 0 Å². The number of allylic oxidation sites excluding steroid dienone is 2. The maximum atomic E-state index is 12.3. The van der Waals surface area contributed by atoms with E-state index in [0.717, 1.165) is 5.56 Å². The van der Waals surface area contributed by atoms with Gasteiger partial charge in [-0.05, 0) is 11.6 Å². The highest BCUT2D eigenvalue weighted by atomic mass is 16.7. The lowest BCUT2D eigenvalue weighted by atomic mass is 9.92. The third-order valence-corrected chi connectivity index (χ3v) is 2.83. The molecule has 0 unspecified atom stereocenters. The minimum absolute atomic E-state index is 0.184. The van der Waals surface area contributed by atoms with Gasteiger partial charge in [0.2, 0.25) is 5.78 Å². The second-order valence-corrected chi connectivity index (χ2v) is 3.71. The molecule has 0 aliphatic heterocycles. The molecule has 0 bridgehead atoms. The van der Waals surface area contributed by atoms with Crippen LogP contribution in [-0.4, -0.2) is 25.8 Å². The molecule has 0 fully saturated rings. The Hall–Kier alpha value is -1.71. The summed E-state index contributed by atoms with van der Waals surface area (Å²) in [6.45, 7) is 0. The van der Waals surface area contributed by atoms with Crippen LogP contribution in [0.25, 0.3) is 5.57 Å². The number of rotatable bonds is 3. The average Bonchev–Trinajstić information content (AvgIpc) is 2.40. The van der Waals surface area contributed by atoms with Crippen molar-refractivity contribution < 1.29 is 14.3 Å². The Morgan fingerprint density at radius 2 is 1.71 bits per heavy atom. The summed E-state index contributed by atoms with van der Waals surface area (Å²) in [7, 11) is 2.92. The summed E-state index contributed by atoms with van der Waals surface area (Å²) in [4.78, 5) is 12.3. The van der Waals surface area contributed by atoms with E-state index in [2.05, 4.69) is 0 Å². The highest BCUT2D eigenvalue weighted by Crippen LogP contribution is 2.29. The molecular formula is C14H14O3. The van der Waals surface area contributed by atoms with Gasteiger partial charge in [-0.3, -0.25) is 4.79 Å². The first-order valence-electron chi connectivity index (χ1n) is 5.33. The fourth-order valence-corrected chi connectivity index (χ4v) is 1.86. The van der Waals surface area contributed by atoms with Crippen LogP contribution >= 0.6 is 0 Å². The topological polar surface area (TPSA) is 35.5 Å². The summed E-state index contributed by atoms with van der Waals surface area (Å²) in [6, 6.07) is 9.47. The van der Waals surface area contributed by atoms with Crippen molar-refractivity contribution in [3.8, 4) is 0 Å². The zero-order chi connectivity index (χ0) is 12.3. The van der Waals surface area contributed by atoms with Crippen LogP contribution in [-0.2, 0) is 14.3 Å². The number of ketones is 1. The van der Waals surface area contributed by atoms with Gasteiger partial charge in [0.15, 0.2) is 0 Å². The molecule has 88 valence electrons. The van der Waals surface area contributed by atoms with E-state index in [9.17, 15) is 4.79 Å². The number of methoxy groups -OCH3 is 2. The van der Waals surface area contributed by atoms with E-state index in [1.807, 2.05) is 30.3 Å². The van der Waals surface area contributed by atoms with E-state index in [-0.39, 0.29) is 5.78 Å². The normalized spacial score (nSPS) is 18.0. The second kappa shape index (κ2) is 4.65. The van der Waals surface area contributed by atoms with E-state index in [0.29, 0.717) is 5.57 Å². The number of hydrogen-bond acceptors (Lipinski definition) is 3. The van der Waals surface area contributed by atoms with Crippen LogP contribution in [0, 0.1) is 0 Å². The molecule has 1 aromatic carbocycles. The fourth-order valence-electron chi connectivity index (χ4n) is 1.86. The Balaban J connectivity index is 2.42. The number of carbonyl (C=O) groups excluding carboxylic acids is 1. The maximum Gasteiger partial charge on any atom is 0.253 e. The summed E-state index contributed by atoms with van der Waals surface area (Å²) in [6.07, 6.45) is 5.16. The minimum atomic E-state index is -1.29. The summed E-state index contributed by atoms with van der Waals surface area (Å²) in [5, 5.41) is 0. The fraction of sp³-hybridized carbons (Fsp3) is 0.214. The van der Waals surface area contributed by atoms with Crippen molar-refractivity contribution in [2.24, 2.45) is 0 Å². The number of carbonyl (C=O) groups is 1. The zero-order valence-corrected chi connectivity index (χ0v) is 9.84. The van der Waals surface area contributed by atoms with E-state index >= 15 is 0 Å². The van der Waals surface area contributed by atoms with Gasteiger partial charge in [-0.15, -0.1) is 0 Å². The largest absolute Gasteiger partial charge is 0.344 e. The molecule has 3 nitrogen and oxygen atoms in total. The van der Waals surface area contributed by atoms with Crippen molar-refractivity contribution in [2.45, 2.75) is 5.79 Å². The molecular weight excluding hydrogens is 216 g/mol. The van der Waals surface area contributed by atoms with E-state index in [4.69, 9.17) is 9.47 Å². The summed E-state index contributed by atoms with van der Waals surface area (Å²) in [5.41, 5.74) is 1.46. The highest BCUT2D eigenvalue weighted by molar-refractivity contribution is 6.25. The quantitative estimate of drug-likeness (QED) is 0.747. The number of hydrogen-bond donors (Lipinski definition) is 0. The third kappa shape index (κ3) is 1.95. The number of ether oxygens (including phenoxy) is 2. The lowest BCUT2D eigenvalue weighted by Crippen LogP contribution is -2.42. The molecule has 0 atom stereocenters. The predicted octanol–water partition coefficient (Wildman–Crippen LogP) is 2.20. The molecule has 0 heterocycles. The van der Waals surface area contributed by atoms with Crippen LogP contribution in [0.1, 0.15) is 5.56 Å². The van der Waals surface area contributed by atoms with Gasteiger partial charge in [0.1, 0.15) is 0 Å². The molecule has 0 spiro atoms. The monoisotopic (exact) mass is 230 g/mol. The van der Waals surface area contributed by atoms with Crippen LogP contribution in [0.15, 0.2) is 48.6 Å². The van der Waals surface area contributed by atoms with Crippen LogP contribution in [0.2, 0.25) is 0 Å². The first-order valence-corrected chi connectivity index (χ1v) is 5.33. The van der Waals surface area contributed by atoms with Crippen LogP contribution in [0.5, 0.6) is 0 Å². The average molecular weight is 230 g/mol. The van der Waals surface area contributed by atoms with E-state index in [1.165, 1.54) is 14.2 Å². The molecule has 0 saturated heterocycles. The van der Waals surface area contributed by atoms with Gasteiger partial charge in [0, 0.05) is 19.8 Å². The first-order chi connectivity index (χ1) is 8.23. The van der Waals surface area contributed by atoms with Crippen molar-refractivity contribution in [1.29, 1.82) is 0 Å².